The molecule has 0 spiro atoms. The Morgan fingerprint density at radius 3 is 2.86 bits per heavy atom. The van der Waals surface area contributed by atoms with Gasteiger partial charge < -0.3 is 10.0 Å². The maximum atomic E-state index is 10.6. The molecule has 4 nitrogen and oxygen atoms in total. The Labute approximate surface area is 127 Å². The number of aliphatic carboxylic acids is 1. The number of hydrogen-bond donors (Lipinski definition) is 1. The number of carbonyl (C=O) groups is 1. The van der Waals surface area contributed by atoms with Gasteiger partial charge in [0, 0.05) is 25.6 Å². The molecule has 21 heavy (non-hydrogen) atoms. The second-order valence-corrected chi connectivity index (χ2v) is 5.99. The van der Waals surface area contributed by atoms with Crippen LogP contribution < -0.4 is 0 Å². The maximum Gasteiger partial charge on any atom is 0.303 e. The number of rotatable bonds is 7. The maximum absolute atomic E-state index is 10.6. The molecule has 0 saturated carbocycles. The highest BCUT2D eigenvalue weighted by molar-refractivity contribution is 5.66. The Morgan fingerprint density at radius 1 is 1.38 bits per heavy atom. The van der Waals surface area contributed by atoms with Crippen molar-refractivity contribution in [3.63, 3.8) is 0 Å². The second-order valence-electron chi connectivity index (χ2n) is 5.99. The first-order chi connectivity index (χ1) is 10.1. The van der Waals surface area contributed by atoms with Gasteiger partial charge in [-0.25, -0.2) is 0 Å². The van der Waals surface area contributed by atoms with E-state index in [1.807, 2.05) is 0 Å². The molecule has 0 aliphatic carbocycles. The van der Waals surface area contributed by atoms with Crippen molar-refractivity contribution in [2.75, 3.05) is 26.7 Å². The highest BCUT2D eigenvalue weighted by atomic mass is 16.4. The number of benzene rings is 1. The van der Waals surface area contributed by atoms with Gasteiger partial charge in [-0.15, -0.1) is 0 Å². The molecule has 1 aromatic carbocycles. The summed E-state index contributed by atoms with van der Waals surface area (Å²) in [7, 11) is 2.12. The van der Waals surface area contributed by atoms with Crippen molar-refractivity contribution in [1.29, 1.82) is 0 Å². The van der Waals surface area contributed by atoms with Crippen molar-refractivity contribution < 1.29 is 9.90 Å². The van der Waals surface area contributed by atoms with Crippen LogP contribution in [0.4, 0.5) is 0 Å². The molecule has 1 fully saturated rings. The van der Waals surface area contributed by atoms with E-state index in [1.54, 1.807) is 0 Å². The first kappa shape index (κ1) is 16.0. The minimum Gasteiger partial charge on any atom is -0.481 e. The zero-order chi connectivity index (χ0) is 15.1. The molecule has 0 bridgehead atoms. The number of nitrogens with zero attached hydrogens (tertiary/aromatic N) is 2. The summed E-state index contributed by atoms with van der Waals surface area (Å²) >= 11 is 0. The lowest BCUT2D eigenvalue weighted by Crippen LogP contribution is -2.46. The van der Waals surface area contributed by atoms with Crippen LogP contribution >= 0.6 is 0 Å². The van der Waals surface area contributed by atoms with Crippen molar-refractivity contribution in [3.8, 4) is 0 Å². The Bertz CT molecular complexity index is 436. The van der Waals surface area contributed by atoms with Crippen molar-refractivity contribution in [1.82, 2.24) is 9.80 Å². The van der Waals surface area contributed by atoms with Crippen LogP contribution in [0.2, 0.25) is 0 Å². The van der Waals surface area contributed by atoms with E-state index >= 15 is 0 Å². The lowest BCUT2D eigenvalue weighted by Gasteiger charge is -2.37. The Kier molecular flexibility index (Phi) is 6.21. The molecule has 0 amide bonds. The Morgan fingerprint density at radius 2 is 2.14 bits per heavy atom. The van der Waals surface area contributed by atoms with E-state index < -0.39 is 5.97 Å². The number of piperidine rings is 1. The summed E-state index contributed by atoms with van der Waals surface area (Å²) in [6.45, 7) is 4.13. The zero-order valence-corrected chi connectivity index (χ0v) is 12.9. The number of likely N-dealkylation sites (N-methyl/N-ethyl adjacent to an activating group) is 1. The molecular formula is C17H26N2O2. The van der Waals surface area contributed by atoms with E-state index in [-0.39, 0.29) is 6.42 Å². The monoisotopic (exact) mass is 290 g/mol. The number of likely N-dealkylation sites (tertiary alicyclic amines) is 1. The fraction of sp³-hybridized carbons (Fsp3) is 0.588. The lowest BCUT2D eigenvalue weighted by molar-refractivity contribution is -0.137. The molecule has 0 radical (unpaired) electrons. The smallest absolute Gasteiger partial charge is 0.303 e. The zero-order valence-electron chi connectivity index (χ0n) is 12.9. The van der Waals surface area contributed by atoms with Crippen molar-refractivity contribution in [2.24, 2.45) is 0 Å². The third-order valence-electron chi connectivity index (χ3n) is 4.25. The predicted octanol–water partition coefficient (Wildman–Crippen LogP) is 2.45. The standard InChI is InChI=1S/C17H26N2O2/c1-18(11-6-10-17(20)21)16-9-5-12-19(14-16)13-15-7-3-2-4-8-15/h2-4,7-8,16H,5-6,9-14H2,1H3,(H,20,21)/t16-/m0/s1. The molecule has 116 valence electrons. The van der Waals surface area contributed by atoms with Crippen LogP contribution in [0.3, 0.4) is 0 Å². The Balaban J connectivity index is 1.78. The van der Waals surface area contributed by atoms with Crippen LogP contribution in [-0.2, 0) is 11.3 Å². The van der Waals surface area contributed by atoms with Crippen molar-refractivity contribution in [2.45, 2.75) is 38.3 Å². The fourth-order valence-electron chi connectivity index (χ4n) is 3.04. The molecule has 4 heteroatoms. The predicted molar refractivity (Wildman–Crippen MR) is 84.2 cm³/mol. The lowest BCUT2D eigenvalue weighted by atomic mass is 10.0. The van der Waals surface area contributed by atoms with Crippen LogP contribution in [0.5, 0.6) is 0 Å². The minimum atomic E-state index is -0.697. The van der Waals surface area contributed by atoms with Crippen molar-refractivity contribution in [3.05, 3.63) is 35.9 Å². The SMILES string of the molecule is CN(CCCC(=O)O)[C@H]1CCCN(Cc2ccccc2)C1. The van der Waals surface area contributed by atoms with Crippen LogP contribution in [0.1, 0.15) is 31.2 Å². The van der Waals surface area contributed by atoms with Gasteiger partial charge in [0.2, 0.25) is 0 Å². The van der Waals surface area contributed by atoms with Gasteiger partial charge in [0.1, 0.15) is 0 Å². The van der Waals surface area contributed by atoms with Gasteiger partial charge >= 0.3 is 5.97 Å². The van der Waals surface area contributed by atoms with Gasteiger partial charge in [0.25, 0.3) is 0 Å². The Hall–Kier alpha value is -1.39. The van der Waals surface area contributed by atoms with Gasteiger partial charge in [0.15, 0.2) is 0 Å². The van der Waals surface area contributed by atoms with E-state index in [0.29, 0.717) is 6.04 Å². The van der Waals surface area contributed by atoms with Crippen LogP contribution in [0.25, 0.3) is 0 Å². The van der Waals surface area contributed by atoms with Gasteiger partial charge in [-0.05, 0) is 45.0 Å². The number of hydrogen-bond acceptors (Lipinski definition) is 3. The average Bonchev–Trinajstić information content (AvgIpc) is 2.48. The fourth-order valence-corrected chi connectivity index (χ4v) is 3.04. The molecule has 2 rings (SSSR count). The summed E-state index contributed by atoms with van der Waals surface area (Å²) in [6.07, 6.45) is 3.45. The molecule has 0 unspecified atom stereocenters. The molecule has 1 heterocycles. The molecule has 1 aliphatic heterocycles. The van der Waals surface area contributed by atoms with E-state index in [2.05, 4.69) is 47.2 Å². The van der Waals surface area contributed by atoms with E-state index in [9.17, 15) is 4.79 Å². The number of carboxylic acid groups (broad SMARTS) is 1. The molecule has 1 aliphatic rings. The second kappa shape index (κ2) is 8.15. The first-order valence-electron chi connectivity index (χ1n) is 7.83. The van der Waals surface area contributed by atoms with Crippen LogP contribution in [0, 0.1) is 0 Å². The van der Waals surface area contributed by atoms with Gasteiger partial charge in [0.05, 0.1) is 0 Å². The molecule has 0 aromatic heterocycles. The van der Waals surface area contributed by atoms with Gasteiger partial charge in [-0.3, -0.25) is 9.69 Å². The van der Waals surface area contributed by atoms with Crippen LogP contribution in [0.15, 0.2) is 30.3 Å². The van der Waals surface area contributed by atoms with E-state index in [4.69, 9.17) is 5.11 Å². The quantitative estimate of drug-likeness (QED) is 0.838. The van der Waals surface area contributed by atoms with Crippen molar-refractivity contribution >= 4 is 5.97 Å². The highest BCUT2D eigenvalue weighted by Crippen LogP contribution is 2.17. The van der Waals surface area contributed by atoms with Gasteiger partial charge in [-0.1, -0.05) is 30.3 Å². The summed E-state index contributed by atoms with van der Waals surface area (Å²) in [4.78, 5) is 15.4. The van der Waals surface area contributed by atoms with E-state index in [0.717, 1.165) is 32.6 Å². The molecule has 1 N–H and O–H groups in total. The summed E-state index contributed by atoms with van der Waals surface area (Å²) in [5, 5.41) is 8.72. The largest absolute Gasteiger partial charge is 0.481 e. The third-order valence-corrected chi connectivity index (χ3v) is 4.25. The molecule has 1 saturated heterocycles. The molecular weight excluding hydrogens is 264 g/mol. The minimum absolute atomic E-state index is 0.269. The van der Waals surface area contributed by atoms with Gasteiger partial charge in [-0.2, -0.15) is 0 Å². The average molecular weight is 290 g/mol. The van der Waals surface area contributed by atoms with E-state index in [1.165, 1.54) is 18.4 Å². The topological polar surface area (TPSA) is 43.8 Å². The summed E-state index contributed by atoms with van der Waals surface area (Å²) in [6, 6.07) is 11.2. The number of carboxylic acids is 1. The highest BCUT2D eigenvalue weighted by Gasteiger charge is 2.22. The normalized spacial score (nSPS) is 19.8. The summed E-state index contributed by atoms with van der Waals surface area (Å²) in [5.74, 6) is -0.697. The molecule has 1 atom stereocenters. The molecule has 1 aromatic rings. The summed E-state index contributed by atoms with van der Waals surface area (Å²) < 4.78 is 0. The summed E-state index contributed by atoms with van der Waals surface area (Å²) in [5.41, 5.74) is 1.37. The van der Waals surface area contributed by atoms with Crippen LogP contribution in [-0.4, -0.2) is 53.6 Å². The first-order valence-corrected chi connectivity index (χ1v) is 7.83. The third kappa shape index (κ3) is 5.48.